The minimum atomic E-state index is -0.0691. The van der Waals surface area contributed by atoms with Crippen LogP contribution >= 0.6 is 0 Å². The molecule has 1 N–H and O–H groups in total. The molecule has 0 radical (unpaired) electrons. The third-order valence-corrected chi connectivity index (χ3v) is 3.65. The Labute approximate surface area is 134 Å². The molecular weight excluding hydrogens is 288 g/mol. The quantitative estimate of drug-likeness (QED) is 0.736. The summed E-state index contributed by atoms with van der Waals surface area (Å²) < 4.78 is 0. The molecule has 3 aromatic rings. The third kappa shape index (κ3) is 3.49. The summed E-state index contributed by atoms with van der Waals surface area (Å²) in [6, 6.07) is 16.6. The third-order valence-electron chi connectivity index (χ3n) is 3.65. The number of Topliss-reactive ketones (excluding diaryl/α,β-unsaturated/α-hetero) is 1. The Bertz CT molecular complexity index is 799. The predicted molar refractivity (Wildman–Crippen MR) is 87.9 cm³/mol. The molecule has 0 amide bonds. The molecule has 2 heterocycles. The molecule has 2 aromatic heterocycles. The number of hydrogen-bond acceptors (Lipinski definition) is 4. The maximum Gasteiger partial charge on any atom is 0.168 e. The Morgan fingerprint density at radius 3 is 2.26 bits per heavy atom. The number of benzene rings is 1. The monoisotopic (exact) mass is 304 g/mol. The zero-order chi connectivity index (χ0) is 16.1. The van der Waals surface area contributed by atoms with Crippen LogP contribution in [0.4, 0.5) is 0 Å². The lowest BCUT2D eigenvalue weighted by molar-refractivity contribution is 0.0992. The Balaban J connectivity index is 1.78. The zero-order valence-electron chi connectivity index (χ0n) is 12.5. The molecule has 0 spiro atoms. The number of nitrogens with zero attached hydrogens (tertiary/aromatic N) is 2. The summed E-state index contributed by atoms with van der Waals surface area (Å²) in [5.41, 5.74) is 3.68. The van der Waals surface area contributed by atoms with Gasteiger partial charge >= 0.3 is 0 Å². The van der Waals surface area contributed by atoms with Crippen LogP contribution in [-0.4, -0.2) is 20.9 Å². The highest BCUT2D eigenvalue weighted by Crippen LogP contribution is 2.16. The van der Waals surface area contributed by atoms with E-state index in [1.54, 1.807) is 24.5 Å². The van der Waals surface area contributed by atoms with Crippen molar-refractivity contribution >= 4 is 5.78 Å². The first kappa shape index (κ1) is 15.1. The molecule has 0 aliphatic carbocycles. The van der Waals surface area contributed by atoms with Crippen molar-refractivity contribution < 1.29 is 9.90 Å². The van der Waals surface area contributed by atoms with Gasteiger partial charge < -0.3 is 5.11 Å². The molecule has 0 aliphatic heterocycles. The fraction of sp³-hybridized carbons (Fsp3) is 0.105. The first-order chi connectivity index (χ1) is 11.3. The van der Waals surface area contributed by atoms with Crippen LogP contribution in [0.25, 0.3) is 11.4 Å². The summed E-state index contributed by atoms with van der Waals surface area (Å²) in [5.74, 6) is -0.0222. The number of aliphatic hydroxyl groups excluding tert-OH is 1. The van der Waals surface area contributed by atoms with Crippen molar-refractivity contribution in [3.8, 4) is 11.4 Å². The molecule has 1 aromatic carbocycles. The molecule has 23 heavy (non-hydrogen) atoms. The minimum Gasteiger partial charge on any atom is -0.392 e. The van der Waals surface area contributed by atoms with Crippen LogP contribution < -0.4 is 0 Å². The van der Waals surface area contributed by atoms with Gasteiger partial charge in [0.25, 0.3) is 0 Å². The SMILES string of the molecule is O=C(Cc1ccccc1CO)c1ccc(-c2ccccn2)nc1. The zero-order valence-corrected chi connectivity index (χ0v) is 12.5. The van der Waals surface area contributed by atoms with Crippen LogP contribution in [0.3, 0.4) is 0 Å². The highest BCUT2D eigenvalue weighted by atomic mass is 16.3. The number of carbonyl (C=O) groups is 1. The Morgan fingerprint density at radius 2 is 1.61 bits per heavy atom. The summed E-state index contributed by atoms with van der Waals surface area (Å²) in [7, 11) is 0. The molecule has 0 aliphatic rings. The Kier molecular flexibility index (Phi) is 4.54. The number of pyridine rings is 2. The van der Waals surface area contributed by atoms with E-state index < -0.39 is 0 Å². The second-order valence-electron chi connectivity index (χ2n) is 5.17. The van der Waals surface area contributed by atoms with Crippen LogP contribution in [0.1, 0.15) is 21.5 Å². The fourth-order valence-corrected chi connectivity index (χ4v) is 2.38. The van der Waals surface area contributed by atoms with Gasteiger partial charge in [-0.15, -0.1) is 0 Å². The van der Waals surface area contributed by atoms with E-state index in [1.807, 2.05) is 42.5 Å². The van der Waals surface area contributed by atoms with E-state index in [0.717, 1.165) is 22.5 Å². The first-order valence-electron chi connectivity index (χ1n) is 7.36. The largest absolute Gasteiger partial charge is 0.392 e. The van der Waals surface area contributed by atoms with Gasteiger partial charge in [-0.1, -0.05) is 30.3 Å². The van der Waals surface area contributed by atoms with Crippen molar-refractivity contribution in [2.45, 2.75) is 13.0 Å². The van der Waals surface area contributed by atoms with Crippen molar-refractivity contribution in [3.63, 3.8) is 0 Å². The molecule has 3 rings (SSSR count). The van der Waals surface area contributed by atoms with Crippen molar-refractivity contribution in [1.29, 1.82) is 0 Å². The molecule has 0 atom stereocenters. The molecule has 0 unspecified atom stereocenters. The summed E-state index contributed by atoms with van der Waals surface area (Å²) >= 11 is 0. The van der Waals surface area contributed by atoms with Gasteiger partial charge in [-0.05, 0) is 35.4 Å². The van der Waals surface area contributed by atoms with Gasteiger partial charge in [0.1, 0.15) is 0 Å². The van der Waals surface area contributed by atoms with Gasteiger partial charge in [-0.25, -0.2) is 0 Å². The van der Waals surface area contributed by atoms with Crippen LogP contribution in [-0.2, 0) is 13.0 Å². The van der Waals surface area contributed by atoms with E-state index >= 15 is 0 Å². The van der Waals surface area contributed by atoms with Gasteiger partial charge in [0, 0.05) is 24.4 Å². The number of rotatable bonds is 5. The normalized spacial score (nSPS) is 10.5. The topological polar surface area (TPSA) is 63.1 Å². The van der Waals surface area contributed by atoms with Crippen LogP contribution in [0.15, 0.2) is 67.0 Å². The van der Waals surface area contributed by atoms with Crippen LogP contribution in [0.5, 0.6) is 0 Å². The maximum absolute atomic E-state index is 12.4. The number of ketones is 1. The van der Waals surface area contributed by atoms with E-state index in [2.05, 4.69) is 9.97 Å². The molecule has 0 saturated carbocycles. The predicted octanol–water partition coefficient (Wildman–Crippen LogP) is 3.06. The lowest BCUT2D eigenvalue weighted by Crippen LogP contribution is -2.06. The smallest absolute Gasteiger partial charge is 0.168 e. The molecule has 4 nitrogen and oxygen atoms in total. The summed E-state index contributed by atoms with van der Waals surface area (Å²) in [6.45, 7) is -0.0691. The average Bonchev–Trinajstić information content (AvgIpc) is 2.63. The standard InChI is InChI=1S/C19H16N2O2/c22-13-16-6-2-1-5-14(16)11-19(23)15-8-9-18(21-12-15)17-7-3-4-10-20-17/h1-10,12,22H,11,13H2. The van der Waals surface area contributed by atoms with Gasteiger partial charge in [-0.3, -0.25) is 14.8 Å². The average molecular weight is 304 g/mol. The summed E-state index contributed by atoms with van der Waals surface area (Å²) in [5, 5.41) is 9.33. The molecule has 0 bridgehead atoms. The molecular formula is C19H16N2O2. The molecule has 114 valence electrons. The van der Waals surface area contributed by atoms with Crippen molar-refractivity contribution in [2.75, 3.05) is 0 Å². The van der Waals surface area contributed by atoms with Crippen molar-refractivity contribution in [3.05, 3.63) is 83.7 Å². The van der Waals surface area contributed by atoms with Gasteiger partial charge in [-0.2, -0.15) is 0 Å². The highest BCUT2D eigenvalue weighted by molar-refractivity contribution is 5.97. The first-order valence-corrected chi connectivity index (χ1v) is 7.36. The Hall–Kier alpha value is -2.85. The van der Waals surface area contributed by atoms with Crippen LogP contribution in [0, 0.1) is 0 Å². The summed E-state index contributed by atoms with van der Waals surface area (Å²) in [4.78, 5) is 21.0. The molecule has 0 saturated heterocycles. The number of aromatic nitrogens is 2. The van der Waals surface area contributed by atoms with E-state index in [-0.39, 0.29) is 18.8 Å². The molecule has 4 heteroatoms. The number of carbonyl (C=O) groups excluding carboxylic acids is 1. The van der Waals surface area contributed by atoms with Gasteiger partial charge in [0.15, 0.2) is 5.78 Å². The van der Waals surface area contributed by atoms with E-state index in [9.17, 15) is 9.90 Å². The maximum atomic E-state index is 12.4. The second kappa shape index (κ2) is 6.94. The van der Waals surface area contributed by atoms with Crippen molar-refractivity contribution in [1.82, 2.24) is 9.97 Å². The number of aliphatic hydroxyl groups is 1. The van der Waals surface area contributed by atoms with E-state index in [4.69, 9.17) is 0 Å². The molecule has 0 fully saturated rings. The van der Waals surface area contributed by atoms with E-state index in [0.29, 0.717) is 5.56 Å². The Morgan fingerprint density at radius 1 is 0.870 bits per heavy atom. The highest BCUT2D eigenvalue weighted by Gasteiger charge is 2.11. The minimum absolute atomic E-state index is 0.0222. The summed E-state index contributed by atoms with van der Waals surface area (Å²) in [6.07, 6.45) is 3.54. The van der Waals surface area contributed by atoms with E-state index in [1.165, 1.54) is 0 Å². The van der Waals surface area contributed by atoms with Gasteiger partial charge in [0.05, 0.1) is 18.0 Å². The lowest BCUT2D eigenvalue weighted by Gasteiger charge is -2.07. The van der Waals surface area contributed by atoms with Crippen molar-refractivity contribution in [2.24, 2.45) is 0 Å². The lowest BCUT2D eigenvalue weighted by atomic mass is 10.00. The van der Waals surface area contributed by atoms with Crippen LogP contribution in [0.2, 0.25) is 0 Å². The van der Waals surface area contributed by atoms with Gasteiger partial charge in [0.2, 0.25) is 0 Å². The fourth-order valence-electron chi connectivity index (χ4n) is 2.38. The number of hydrogen-bond donors (Lipinski definition) is 1. The second-order valence-corrected chi connectivity index (χ2v) is 5.17.